The van der Waals surface area contributed by atoms with Crippen LogP contribution in [-0.4, -0.2) is 37.7 Å². The Balaban J connectivity index is 1.25. The Morgan fingerprint density at radius 1 is 1.33 bits per heavy atom. The Labute approximate surface area is 189 Å². The fourth-order valence-electron chi connectivity index (χ4n) is 4.94. The summed E-state index contributed by atoms with van der Waals surface area (Å²) >= 11 is 2.38. The minimum Gasteiger partial charge on any atom is -0.446 e. The zero-order chi connectivity index (χ0) is 20.9. The largest absolute Gasteiger partial charge is 0.446 e. The summed E-state index contributed by atoms with van der Waals surface area (Å²) in [5.41, 5.74) is 1.09. The molecule has 9 heteroatoms. The van der Waals surface area contributed by atoms with Gasteiger partial charge in [-0.15, -0.1) is 5.10 Å². The van der Waals surface area contributed by atoms with Gasteiger partial charge in [-0.2, -0.15) is 10.2 Å². The van der Waals surface area contributed by atoms with Crippen LogP contribution in [0.25, 0.3) is 0 Å². The highest BCUT2D eigenvalue weighted by atomic mass is 127. The van der Waals surface area contributed by atoms with Crippen molar-refractivity contribution in [2.45, 2.75) is 73.5 Å². The predicted molar refractivity (Wildman–Crippen MR) is 121 cm³/mol. The molecule has 2 atom stereocenters. The van der Waals surface area contributed by atoms with Gasteiger partial charge in [0.15, 0.2) is 5.82 Å². The molecule has 1 amide bonds. The van der Waals surface area contributed by atoms with Crippen LogP contribution in [0.3, 0.4) is 0 Å². The maximum atomic E-state index is 12.3. The summed E-state index contributed by atoms with van der Waals surface area (Å²) < 4.78 is 7.52. The first kappa shape index (κ1) is 20.0. The molecule has 4 saturated carbocycles. The minimum absolute atomic E-state index is 0.0449. The molecular weight excluding hydrogens is 495 g/mol. The van der Waals surface area contributed by atoms with Crippen LogP contribution in [-0.2, 0) is 8.28 Å². The van der Waals surface area contributed by atoms with Gasteiger partial charge in [-0.05, 0) is 70.4 Å². The highest BCUT2D eigenvalue weighted by Crippen LogP contribution is 2.57. The van der Waals surface area contributed by atoms with E-state index < -0.39 is 0 Å². The standard InChI is InChI=1S/C21H27IN6O2/c1-20(2,22)28-18(24-17-4-3-7-23-26-17)9-16(27-28)14-5-6-15(8-14)30-19(29)25-21-10-13(11-21)12-21/h3-4,7,9,13-15H,5-6,8,10-12H2,1-2H3,(H,24,26)(H,25,29)/t13?,14-,15+,21?/m0/s1. The third-order valence-corrected chi connectivity index (χ3v) is 7.00. The van der Waals surface area contributed by atoms with Gasteiger partial charge in [-0.3, -0.25) is 0 Å². The summed E-state index contributed by atoms with van der Waals surface area (Å²) in [7, 11) is 0. The van der Waals surface area contributed by atoms with Gasteiger partial charge < -0.3 is 15.4 Å². The van der Waals surface area contributed by atoms with Crippen LogP contribution in [0, 0.1) is 5.92 Å². The molecule has 0 aromatic carbocycles. The van der Waals surface area contributed by atoms with E-state index in [2.05, 4.69) is 63.3 Å². The van der Waals surface area contributed by atoms with E-state index in [9.17, 15) is 4.79 Å². The monoisotopic (exact) mass is 522 g/mol. The van der Waals surface area contributed by atoms with Crippen LogP contribution in [0.4, 0.5) is 16.4 Å². The lowest BCUT2D eigenvalue weighted by Crippen LogP contribution is -2.68. The molecule has 0 radical (unpaired) electrons. The van der Waals surface area contributed by atoms with Crippen LogP contribution in [0.15, 0.2) is 24.4 Å². The summed E-state index contributed by atoms with van der Waals surface area (Å²) in [6, 6.07) is 5.82. The van der Waals surface area contributed by atoms with Gasteiger partial charge in [-0.1, -0.05) is 22.6 Å². The molecule has 30 heavy (non-hydrogen) atoms. The number of nitrogens with zero attached hydrogens (tertiary/aromatic N) is 4. The van der Waals surface area contributed by atoms with Crippen molar-refractivity contribution in [3.8, 4) is 0 Å². The van der Waals surface area contributed by atoms with Crippen molar-refractivity contribution in [2.75, 3.05) is 5.32 Å². The highest BCUT2D eigenvalue weighted by molar-refractivity contribution is 14.1. The molecule has 4 aliphatic carbocycles. The minimum atomic E-state index is -0.247. The fraction of sp³-hybridized carbons (Fsp3) is 0.619. The van der Waals surface area contributed by atoms with Gasteiger partial charge in [0.2, 0.25) is 0 Å². The number of alkyl carbamates (subject to hydrolysis) is 1. The van der Waals surface area contributed by atoms with Crippen molar-refractivity contribution in [1.82, 2.24) is 25.3 Å². The fourth-order valence-corrected chi connectivity index (χ4v) is 5.31. The second kappa shape index (κ2) is 7.35. The predicted octanol–water partition coefficient (Wildman–Crippen LogP) is 4.46. The third kappa shape index (κ3) is 3.88. The molecule has 0 spiro atoms. The number of amides is 1. The Hall–Kier alpha value is -1.91. The smallest absolute Gasteiger partial charge is 0.407 e. The third-order valence-electron chi connectivity index (χ3n) is 6.54. The van der Waals surface area contributed by atoms with E-state index in [0.717, 1.165) is 56.0 Å². The van der Waals surface area contributed by atoms with Crippen molar-refractivity contribution < 1.29 is 9.53 Å². The lowest BCUT2D eigenvalue weighted by Gasteiger charge is -2.61. The summed E-state index contributed by atoms with van der Waals surface area (Å²) in [6.45, 7) is 4.23. The van der Waals surface area contributed by atoms with E-state index in [0.29, 0.717) is 5.82 Å². The number of nitrogens with one attached hydrogen (secondary N) is 2. The van der Waals surface area contributed by atoms with Crippen LogP contribution >= 0.6 is 22.6 Å². The number of alkyl halides is 1. The van der Waals surface area contributed by atoms with Crippen LogP contribution in [0.5, 0.6) is 0 Å². The van der Waals surface area contributed by atoms with E-state index in [1.54, 1.807) is 6.20 Å². The van der Waals surface area contributed by atoms with Gasteiger partial charge in [-0.25, -0.2) is 9.48 Å². The molecule has 0 unspecified atom stereocenters. The van der Waals surface area contributed by atoms with E-state index in [4.69, 9.17) is 9.84 Å². The number of ether oxygens (including phenoxy) is 1. The summed E-state index contributed by atoms with van der Waals surface area (Å²) in [5, 5.41) is 19.4. The number of anilines is 2. The Bertz CT molecular complexity index is 924. The zero-order valence-electron chi connectivity index (χ0n) is 17.3. The molecule has 2 aromatic heterocycles. The molecule has 2 N–H and O–H groups in total. The summed E-state index contributed by atoms with van der Waals surface area (Å²) in [4.78, 5) is 12.3. The van der Waals surface area contributed by atoms with E-state index in [-0.39, 0.29) is 27.2 Å². The van der Waals surface area contributed by atoms with Crippen LogP contribution in [0.1, 0.15) is 64.0 Å². The molecule has 2 bridgehead atoms. The zero-order valence-corrected chi connectivity index (χ0v) is 19.4. The number of halogens is 1. The Morgan fingerprint density at radius 2 is 2.13 bits per heavy atom. The lowest BCUT2D eigenvalue weighted by molar-refractivity contribution is -0.0506. The van der Waals surface area contributed by atoms with E-state index in [1.165, 1.54) is 0 Å². The quantitative estimate of drug-likeness (QED) is 0.430. The molecule has 0 saturated heterocycles. The molecule has 4 aliphatic rings. The second-order valence-corrected chi connectivity index (χ2v) is 12.1. The molecule has 160 valence electrons. The summed E-state index contributed by atoms with van der Waals surface area (Å²) in [5.74, 6) is 2.68. The molecule has 4 fully saturated rings. The van der Waals surface area contributed by atoms with Crippen molar-refractivity contribution in [3.05, 3.63) is 30.1 Å². The normalized spacial score (nSPS) is 29.6. The average Bonchev–Trinajstić information content (AvgIpc) is 3.25. The van der Waals surface area contributed by atoms with Gasteiger partial charge >= 0.3 is 6.09 Å². The van der Waals surface area contributed by atoms with Crippen LogP contribution < -0.4 is 10.6 Å². The maximum absolute atomic E-state index is 12.3. The number of carbonyl (C=O) groups excluding carboxylic acids is 1. The van der Waals surface area contributed by atoms with Gasteiger partial charge in [0.05, 0.1) is 5.69 Å². The Morgan fingerprint density at radius 3 is 2.77 bits per heavy atom. The number of hydrogen-bond donors (Lipinski definition) is 2. The van der Waals surface area contributed by atoms with Gasteiger partial charge in [0, 0.05) is 23.7 Å². The molecule has 2 heterocycles. The number of rotatable bonds is 6. The van der Waals surface area contributed by atoms with Crippen molar-refractivity contribution >= 4 is 40.3 Å². The average molecular weight is 522 g/mol. The summed E-state index contributed by atoms with van der Waals surface area (Å²) in [6.07, 6.45) is 7.39. The molecule has 8 nitrogen and oxygen atoms in total. The second-order valence-electron chi connectivity index (χ2n) is 9.43. The first-order valence-electron chi connectivity index (χ1n) is 10.6. The first-order valence-corrected chi connectivity index (χ1v) is 11.7. The number of carbonyl (C=O) groups is 1. The van der Waals surface area contributed by atoms with E-state index >= 15 is 0 Å². The van der Waals surface area contributed by atoms with Crippen molar-refractivity contribution in [1.29, 1.82) is 0 Å². The maximum Gasteiger partial charge on any atom is 0.407 e. The topological polar surface area (TPSA) is 94.0 Å². The van der Waals surface area contributed by atoms with Gasteiger partial charge in [0.1, 0.15) is 15.5 Å². The number of hydrogen-bond acceptors (Lipinski definition) is 6. The SMILES string of the molecule is CC(C)(I)n1nc([C@H]2CC[C@@H](OC(=O)NC34CC(C3)C4)C2)cc1Nc1cccnn1. The Kier molecular flexibility index (Phi) is 4.90. The van der Waals surface area contributed by atoms with Crippen molar-refractivity contribution in [2.24, 2.45) is 5.92 Å². The van der Waals surface area contributed by atoms with Gasteiger partial charge in [0.25, 0.3) is 0 Å². The molecule has 0 aliphatic heterocycles. The molecular formula is C21H27IN6O2. The van der Waals surface area contributed by atoms with E-state index in [1.807, 2.05) is 16.8 Å². The number of aromatic nitrogens is 4. The molecule has 6 rings (SSSR count). The molecule has 2 aromatic rings. The van der Waals surface area contributed by atoms with Crippen molar-refractivity contribution in [3.63, 3.8) is 0 Å². The highest BCUT2D eigenvalue weighted by Gasteiger charge is 2.57. The van der Waals surface area contributed by atoms with Crippen LogP contribution in [0.2, 0.25) is 0 Å². The lowest BCUT2D eigenvalue weighted by atomic mass is 9.50. The first-order chi connectivity index (χ1) is 14.3.